The molecule has 0 atom stereocenters. The lowest BCUT2D eigenvalue weighted by atomic mass is 10.0. The molecular weight excluding hydrogens is 260 g/mol. The van der Waals surface area contributed by atoms with Crippen molar-refractivity contribution in [3.05, 3.63) is 23.4 Å². The van der Waals surface area contributed by atoms with Crippen molar-refractivity contribution in [2.75, 3.05) is 13.1 Å². The van der Waals surface area contributed by atoms with Crippen molar-refractivity contribution in [2.45, 2.75) is 39.2 Å². The van der Waals surface area contributed by atoms with Gasteiger partial charge in [0.1, 0.15) is 5.60 Å². The van der Waals surface area contributed by atoms with E-state index in [0.29, 0.717) is 31.5 Å². The van der Waals surface area contributed by atoms with Crippen molar-refractivity contribution in [1.82, 2.24) is 10.6 Å². The molecule has 1 aliphatic carbocycles. The number of hydrogen-bond acceptors (Lipinski definition) is 4. The Kier molecular flexibility index (Phi) is 5.61. The number of hydrogen-bond donors (Lipinski definition) is 3. The molecule has 0 aromatic rings. The monoisotopic (exact) mass is 282 g/mol. The summed E-state index contributed by atoms with van der Waals surface area (Å²) in [6.45, 7) is 6.45. The highest BCUT2D eigenvalue weighted by atomic mass is 16.6. The van der Waals surface area contributed by atoms with Crippen LogP contribution >= 0.6 is 0 Å². The number of carbonyl (C=O) groups excluding carboxylic acids is 1. The third kappa shape index (κ3) is 6.26. The van der Waals surface area contributed by atoms with Crippen LogP contribution in [0.15, 0.2) is 23.4 Å². The Morgan fingerprint density at radius 3 is 2.45 bits per heavy atom. The number of carbonyl (C=O) groups is 2. The van der Waals surface area contributed by atoms with Crippen LogP contribution in [0.4, 0.5) is 4.79 Å². The van der Waals surface area contributed by atoms with E-state index in [0.717, 1.165) is 5.70 Å². The van der Waals surface area contributed by atoms with E-state index < -0.39 is 17.7 Å². The third-order valence-corrected chi connectivity index (χ3v) is 2.57. The summed E-state index contributed by atoms with van der Waals surface area (Å²) >= 11 is 0. The Morgan fingerprint density at radius 1 is 1.25 bits per heavy atom. The molecule has 0 fully saturated rings. The van der Waals surface area contributed by atoms with E-state index >= 15 is 0 Å². The van der Waals surface area contributed by atoms with Crippen LogP contribution in [0, 0.1) is 0 Å². The van der Waals surface area contributed by atoms with Gasteiger partial charge in [-0.1, -0.05) is 6.08 Å². The van der Waals surface area contributed by atoms with E-state index in [2.05, 4.69) is 10.6 Å². The van der Waals surface area contributed by atoms with Gasteiger partial charge in [0, 0.05) is 24.4 Å². The minimum absolute atomic E-state index is 0.419. The number of carboxylic acids is 1. The number of alkyl carbamates (subject to hydrolysis) is 1. The van der Waals surface area contributed by atoms with Gasteiger partial charge < -0.3 is 20.5 Å². The minimum Gasteiger partial charge on any atom is -0.478 e. The number of carboxylic acid groups (broad SMARTS) is 1. The van der Waals surface area contributed by atoms with Crippen molar-refractivity contribution in [3.8, 4) is 0 Å². The SMILES string of the molecule is CC(C)(C)OC(=O)NCCNC1=CC=C(C(=O)O)CC1. The third-order valence-electron chi connectivity index (χ3n) is 2.57. The van der Waals surface area contributed by atoms with Crippen LogP contribution in [0.2, 0.25) is 0 Å². The molecule has 0 aliphatic heterocycles. The minimum atomic E-state index is -0.869. The number of rotatable bonds is 5. The first-order valence-electron chi connectivity index (χ1n) is 6.62. The molecule has 3 N–H and O–H groups in total. The summed E-state index contributed by atoms with van der Waals surface area (Å²) in [6, 6.07) is 0. The molecule has 20 heavy (non-hydrogen) atoms. The Balaban J connectivity index is 2.23. The standard InChI is InChI=1S/C14H22N2O4/c1-14(2,3)20-13(19)16-9-8-15-11-6-4-10(5-7-11)12(17)18/h4,6,15H,5,7-9H2,1-3H3,(H,16,19)(H,17,18). The van der Waals surface area contributed by atoms with Crippen molar-refractivity contribution in [1.29, 1.82) is 0 Å². The number of amides is 1. The second-order valence-corrected chi connectivity index (χ2v) is 5.54. The zero-order chi connectivity index (χ0) is 15.2. The van der Waals surface area contributed by atoms with Gasteiger partial charge in [-0.2, -0.15) is 0 Å². The first-order valence-corrected chi connectivity index (χ1v) is 6.62. The highest BCUT2D eigenvalue weighted by molar-refractivity contribution is 5.87. The topological polar surface area (TPSA) is 87.7 Å². The lowest BCUT2D eigenvalue weighted by molar-refractivity contribution is -0.132. The molecule has 0 heterocycles. The Labute approximate surface area is 118 Å². The molecule has 0 saturated carbocycles. The summed E-state index contributed by atoms with van der Waals surface area (Å²) in [4.78, 5) is 22.1. The molecule has 0 aromatic carbocycles. The average molecular weight is 282 g/mol. The Bertz CT molecular complexity index is 433. The summed E-state index contributed by atoms with van der Waals surface area (Å²) in [7, 11) is 0. The molecule has 6 heteroatoms. The van der Waals surface area contributed by atoms with Gasteiger partial charge in [-0.25, -0.2) is 9.59 Å². The molecule has 0 aromatic heterocycles. The van der Waals surface area contributed by atoms with Crippen molar-refractivity contribution in [2.24, 2.45) is 0 Å². The molecule has 0 radical (unpaired) electrons. The van der Waals surface area contributed by atoms with Gasteiger partial charge in [0.2, 0.25) is 0 Å². The maximum atomic E-state index is 11.4. The fourth-order valence-electron chi connectivity index (χ4n) is 1.66. The zero-order valence-electron chi connectivity index (χ0n) is 12.2. The summed E-state index contributed by atoms with van der Waals surface area (Å²) < 4.78 is 5.10. The van der Waals surface area contributed by atoms with Crippen molar-refractivity contribution < 1.29 is 19.4 Å². The van der Waals surface area contributed by atoms with Crippen LogP contribution in [0.5, 0.6) is 0 Å². The second kappa shape index (κ2) is 6.98. The molecule has 1 rings (SSSR count). The predicted molar refractivity (Wildman–Crippen MR) is 75.3 cm³/mol. The van der Waals surface area contributed by atoms with Crippen LogP contribution in [0.1, 0.15) is 33.6 Å². The van der Waals surface area contributed by atoms with E-state index in [1.54, 1.807) is 12.2 Å². The Hall–Kier alpha value is -1.98. The van der Waals surface area contributed by atoms with E-state index in [9.17, 15) is 9.59 Å². The number of ether oxygens (including phenoxy) is 1. The highest BCUT2D eigenvalue weighted by Crippen LogP contribution is 2.16. The van der Waals surface area contributed by atoms with E-state index in [1.165, 1.54) is 0 Å². The van der Waals surface area contributed by atoms with Crippen molar-refractivity contribution >= 4 is 12.1 Å². The van der Waals surface area contributed by atoms with Crippen LogP contribution in [-0.2, 0) is 9.53 Å². The van der Waals surface area contributed by atoms with Crippen LogP contribution in [0.25, 0.3) is 0 Å². The van der Waals surface area contributed by atoms with Crippen molar-refractivity contribution in [3.63, 3.8) is 0 Å². The second-order valence-electron chi connectivity index (χ2n) is 5.54. The van der Waals surface area contributed by atoms with Gasteiger partial charge in [-0.3, -0.25) is 0 Å². The maximum Gasteiger partial charge on any atom is 0.407 e. The number of nitrogens with one attached hydrogen (secondary N) is 2. The van der Waals surface area contributed by atoms with E-state index in [4.69, 9.17) is 9.84 Å². The first-order chi connectivity index (χ1) is 9.28. The predicted octanol–water partition coefficient (Wildman–Crippen LogP) is 1.79. The molecule has 0 bridgehead atoms. The fraction of sp³-hybridized carbons (Fsp3) is 0.571. The molecule has 1 amide bonds. The average Bonchev–Trinajstić information content (AvgIpc) is 2.33. The summed E-state index contributed by atoms with van der Waals surface area (Å²) in [5, 5.41) is 14.6. The molecule has 6 nitrogen and oxygen atoms in total. The lowest BCUT2D eigenvalue weighted by Gasteiger charge is -2.20. The molecule has 0 spiro atoms. The Morgan fingerprint density at radius 2 is 1.95 bits per heavy atom. The van der Waals surface area contributed by atoms with E-state index in [1.807, 2.05) is 20.8 Å². The van der Waals surface area contributed by atoms with Gasteiger partial charge in [0.05, 0.1) is 0 Å². The summed E-state index contributed by atoms with van der Waals surface area (Å²) in [5.74, 6) is -0.869. The lowest BCUT2D eigenvalue weighted by Crippen LogP contribution is -2.36. The smallest absolute Gasteiger partial charge is 0.407 e. The largest absolute Gasteiger partial charge is 0.478 e. The van der Waals surface area contributed by atoms with Crippen LogP contribution in [-0.4, -0.2) is 35.9 Å². The van der Waals surface area contributed by atoms with Gasteiger partial charge in [0.15, 0.2) is 0 Å². The van der Waals surface area contributed by atoms with Crippen LogP contribution < -0.4 is 10.6 Å². The highest BCUT2D eigenvalue weighted by Gasteiger charge is 2.15. The van der Waals surface area contributed by atoms with Gasteiger partial charge in [-0.15, -0.1) is 0 Å². The quantitative estimate of drug-likeness (QED) is 0.669. The van der Waals surface area contributed by atoms with Gasteiger partial charge in [0.25, 0.3) is 0 Å². The number of aliphatic carboxylic acids is 1. The molecule has 0 unspecified atom stereocenters. The van der Waals surface area contributed by atoms with E-state index in [-0.39, 0.29) is 0 Å². The maximum absolute atomic E-state index is 11.4. The summed E-state index contributed by atoms with van der Waals surface area (Å²) in [5.41, 5.74) is 0.893. The first kappa shape index (κ1) is 16.1. The van der Waals surface area contributed by atoms with Crippen LogP contribution in [0.3, 0.4) is 0 Å². The molecular formula is C14H22N2O4. The fourth-order valence-corrected chi connectivity index (χ4v) is 1.66. The normalized spacial score (nSPS) is 14.9. The zero-order valence-corrected chi connectivity index (χ0v) is 12.2. The molecule has 112 valence electrons. The number of allylic oxidation sites excluding steroid dienone is 3. The van der Waals surface area contributed by atoms with Gasteiger partial charge >= 0.3 is 12.1 Å². The summed E-state index contributed by atoms with van der Waals surface area (Å²) in [6.07, 6.45) is 4.12. The van der Waals surface area contributed by atoms with Gasteiger partial charge in [-0.05, 0) is 39.7 Å². The molecule has 0 saturated heterocycles. The molecule has 1 aliphatic rings.